The minimum absolute atomic E-state index is 0.220. The number of hydrogen-bond acceptors (Lipinski definition) is 5. The fourth-order valence-electron chi connectivity index (χ4n) is 2.81. The predicted octanol–water partition coefficient (Wildman–Crippen LogP) is 4.99. The first-order chi connectivity index (χ1) is 14.2. The number of benzene rings is 3. The second kappa shape index (κ2) is 9.25. The molecule has 0 heterocycles. The number of carbonyl (C=O) groups is 1. The number of allylic oxidation sites excluding steroid dienone is 1. The summed E-state index contributed by atoms with van der Waals surface area (Å²) >= 11 is 0. The van der Waals surface area contributed by atoms with E-state index in [2.05, 4.69) is 6.07 Å². The largest absolute Gasteiger partial charge is 0.496 e. The van der Waals surface area contributed by atoms with Crippen molar-refractivity contribution in [3.63, 3.8) is 0 Å². The number of rotatable bonds is 6. The van der Waals surface area contributed by atoms with Crippen LogP contribution in [0.15, 0.2) is 72.8 Å². The standard InChI is InChI=1S/C24H19NO4/c1-27-21-9-6-10-22(28-2)23(21)24(26)29-20-13-11-17(12-14-20)15-19(16-25)18-7-4-3-5-8-18/h3-15H,1-2H3/b19-15-. The molecule has 0 unspecified atom stereocenters. The summed E-state index contributed by atoms with van der Waals surface area (Å²) in [6.07, 6.45) is 1.78. The Kier molecular flexibility index (Phi) is 6.29. The normalized spacial score (nSPS) is 10.7. The van der Waals surface area contributed by atoms with Gasteiger partial charge in [-0.25, -0.2) is 4.79 Å². The highest BCUT2D eigenvalue weighted by Gasteiger charge is 2.20. The molecule has 0 spiro atoms. The molecular formula is C24H19NO4. The van der Waals surface area contributed by atoms with Gasteiger partial charge < -0.3 is 14.2 Å². The molecule has 0 fully saturated rings. The van der Waals surface area contributed by atoms with E-state index < -0.39 is 5.97 Å². The van der Waals surface area contributed by atoms with Crippen LogP contribution in [0.1, 0.15) is 21.5 Å². The predicted molar refractivity (Wildman–Crippen MR) is 111 cm³/mol. The number of nitriles is 1. The summed E-state index contributed by atoms with van der Waals surface area (Å²) in [5, 5.41) is 9.43. The summed E-state index contributed by atoms with van der Waals surface area (Å²) in [4.78, 5) is 12.6. The Morgan fingerprint density at radius 2 is 1.48 bits per heavy atom. The summed E-state index contributed by atoms with van der Waals surface area (Å²) in [5.41, 5.74) is 2.43. The van der Waals surface area contributed by atoms with E-state index in [0.717, 1.165) is 11.1 Å². The molecule has 3 rings (SSSR count). The molecule has 5 nitrogen and oxygen atoms in total. The van der Waals surface area contributed by atoms with E-state index in [1.54, 1.807) is 48.5 Å². The van der Waals surface area contributed by atoms with Gasteiger partial charge in [-0.2, -0.15) is 5.26 Å². The van der Waals surface area contributed by atoms with Gasteiger partial charge in [-0.1, -0.05) is 48.5 Å². The van der Waals surface area contributed by atoms with Gasteiger partial charge in [0.15, 0.2) is 0 Å². The topological polar surface area (TPSA) is 68.6 Å². The maximum Gasteiger partial charge on any atom is 0.351 e. The molecule has 3 aromatic rings. The maximum atomic E-state index is 12.6. The van der Waals surface area contributed by atoms with Gasteiger partial charge in [-0.15, -0.1) is 0 Å². The fraction of sp³-hybridized carbons (Fsp3) is 0.0833. The number of methoxy groups -OCH3 is 2. The molecule has 0 saturated heterocycles. The summed E-state index contributed by atoms with van der Waals surface area (Å²) in [7, 11) is 2.96. The van der Waals surface area contributed by atoms with Crippen molar-refractivity contribution < 1.29 is 19.0 Å². The van der Waals surface area contributed by atoms with Gasteiger partial charge in [0.2, 0.25) is 0 Å². The zero-order valence-electron chi connectivity index (χ0n) is 16.1. The minimum Gasteiger partial charge on any atom is -0.496 e. The Morgan fingerprint density at radius 3 is 2.03 bits per heavy atom. The van der Waals surface area contributed by atoms with Crippen molar-refractivity contribution in [2.24, 2.45) is 0 Å². The van der Waals surface area contributed by atoms with Crippen LogP contribution in [0.4, 0.5) is 0 Å². The Morgan fingerprint density at radius 1 is 0.862 bits per heavy atom. The number of hydrogen-bond donors (Lipinski definition) is 0. The molecule has 0 saturated carbocycles. The molecule has 144 valence electrons. The Bertz CT molecular complexity index is 1040. The van der Waals surface area contributed by atoms with Crippen molar-refractivity contribution >= 4 is 17.6 Å². The van der Waals surface area contributed by atoms with Gasteiger partial charge in [0.1, 0.15) is 22.8 Å². The molecule has 0 atom stereocenters. The molecule has 0 radical (unpaired) electrons. The lowest BCUT2D eigenvalue weighted by atomic mass is 10.0. The molecular weight excluding hydrogens is 366 g/mol. The van der Waals surface area contributed by atoms with Gasteiger partial charge in [-0.05, 0) is 41.5 Å². The first kappa shape index (κ1) is 19.7. The van der Waals surface area contributed by atoms with Crippen LogP contribution in [0.3, 0.4) is 0 Å². The van der Waals surface area contributed by atoms with E-state index in [1.807, 2.05) is 30.3 Å². The molecule has 0 aliphatic carbocycles. The van der Waals surface area contributed by atoms with Crippen molar-refractivity contribution in [3.8, 4) is 23.3 Å². The van der Waals surface area contributed by atoms with E-state index in [0.29, 0.717) is 22.8 Å². The molecule has 0 aliphatic heterocycles. The number of ether oxygens (including phenoxy) is 3. The van der Waals surface area contributed by atoms with Gasteiger partial charge in [0.25, 0.3) is 0 Å². The van der Waals surface area contributed by atoms with Gasteiger partial charge in [0.05, 0.1) is 25.9 Å². The van der Waals surface area contributed by atoms with Crippen molar-refractivity contribution in [1.29, 1.82) is 5.26 Å². The summed E-state index contributed by atoms with van der Waals surface area (Å²) in [6, 6.07) is 23.6. The first-order valence-electron chi connectivity index (χ1n) is 8.86. The highest BCUT2D eigenvalue weighted by Crippen LogP contribution is 2.29. The molecule has 0 aromatic heterocycles. The summed E-state index contributed by atoms with van der Waals surface area (Å²) < 4.78 is 16.0. The summed E-state index contributed by atoms with van der Waals surface area (Å²) in [6.45, 7) is 0. The maximum absolute atomic E-state index is 12.6. The number of nitrogens with zero attached hydrogens (tertiary/aromatic N) is 1. The highest BCUT2D eigenvalue weighted by molar-refractivity contribution is 5.97. The number of esters is 1. The van der Waals surface area contributed by atoms with E-state index >= 15 is 0 Å². The van der Waals surface area contributed by atoms with Crippen LogP contribution in [-0.2, 0) is 0 Å². The van der Waals surface area contributed by atoms with Crippen LogP contribution in [0.2, 0.25) is 0 Å². The van der Waals surface area contributed by atoms with Crippen LogP contribution in [0.25, 0.3) is 11.6 Å². The van der Waals surface area contributed by atoms with E-state index in [4.69, 9.17) is 14.2 Å². The third kappa shape index (κ3) is 4.63. The zero-order valence-corrected chi connectivity index (χ0v) is 16.1. The fourth-order valence-corrected chi connectivity index (χ4v) is 2.81. The molecule has 3 aromatic carbocycles. The van der Waals surface area contributed by atoms with Crippen molar-refractivity contribution in [2.75, 3.05) is 14.2 Å². The number of carbonyl (C=O) groups excluding carboxylic acids is 1. The monoisotopic (exact) mass is 385 g/mol. The Labute approximate surface area is 169 Å². The molecule has 0 amide bonds. The highest BCUT2D eigenvalue weighted by atomic mass is 16.5. The van der Waals surface area contributed by atoms with Crippen LogP contribution < -0.4 is 14.2 Å². The average molecular weight is 385 g/mol. The molecule has 0 aliphatic rings. The van der Waals surface area contributed by atoms with Gasteiger partial charge in [-0.3, -0.25) is 0 Å². The second-order valence-electron chi connectivity index (χ2n) is 6.03. The third-order valence-electron chi connectivity index (χ3n) is 4.24. The van der Waals surface area contributed by atoms with E-state index in [1.165, 1.54) is 14.2 Å². The third-order valence-corrected chi connectivity index (χ3v) is 4.24. The average Bonchev–Trinajstić information content (AvgIpc) is 2.78. The van der Waals surface area contributed by atoms with E-state index in [9.17, 15) is 10.1 Å². The Balaban J connectivity index is 1.81. The van der Waals surface area contributed by atoms with Gasteiger partial charge in [0, 0.05) is 0 Å². The zero-order chi connectivity index (χ0) is 20.6. The molecule has 0 N–H and O–H groups in total. The smallest absolute Gasteiger partial charge is 0.351 e. The Hall–Kier alpha value is -4.04. The molecule has 29 heavy (non-hydrogen) atoms. The summed E-state index contributed by atoms with van der Waals surface area (Å²) in [5.74, 6) is 0.536. The van der Waals surface area contributed by atoms with Crippen LogP contribution >= 0.6 is 0 Å². The lowest BCUT2D eigenvalue weighted by Gasteiger charge is -2.12. The van der Waals surface area contributed by atoms with Crippen molar-refractivity contribution in [3.05, 3.63) is 89.5 Å². The second-order valence-corrected chi connectivity index (χ2v) is 6.03. The quantitative estimate of drug-likeness (QED) is 0.259. The van der Waals surface area contributed by atoms with Crippen molar-refractivity contribution in [2.45, 2.75) is 0 Å². The van der Waals surface area contributed by atoms with E-state index in [-0.39, 0.29) is 5.56 Å². The van der Waals surface area contributed by atoms with Crippen LogP contribution in [0, 0.1) is 11.3 Å². The molecule has 5 heteroatoms. The SMILES string of the molecule is COc1cccc(OC)c1C(=O)Oc1ccc(/C=C(/C#N)c2ccccc2)cc1. The van der Waals surface area contributed by atoms with Crippen molar-refractivity contribution in [1.82, 2.24) is 0 Å². The minimum atomic E-state index is -0.579. The first-order valence-corrected chi connectivity index (χ1v) is 8.86. The van der Waals surface area contributed by atoms with Crippen LogP contribution in [0.5, 0.6) is 17.2 Å². The lowest BCUT2D eigenvalue weighted by Crippen LogP contribution is -2.11. The van der Waals surface area contributed by atoms with Gasteiger partial charge >= 0.3 is 5.97 Å². The molecule has 0 bridgehead atoms. The lowest BCUT2D eigenvalue weighted by molar-refractivity contribution is 0.0727. The van der Waals surface area contributed by atoms with Crippen LogP contribution in [-0.4, -0.2) is 20.2 Å².